The van der Waals surface area contributed by atoms with Gasteiger partial charge in [-0.25, -0.2) is 0 Å². The van der Waals surface area contributed by atoms with Crippen LogP contribution in [0.4, 0.5) is 5.69 Å². The number of likely N-dealkylation sites (N-methyl/N-ethyl adjacent to an activating group) is 1. The molecule has 1 unspecified atom stereocenters. The average Bonchev–Trinajstić information content (AvgIpc) is 2.38. The molecule has 104 valence electrons. The van der Waals surface area contributed by atoms with Crippen molar-refractivity contribution in [1.82, 2.24) is 4.90 Å². The van der Waals surface area contributed by atoms with E-state index in [1.165, 1.54) is 0 Å². The maximum Gasteiger partial charge on any atom is 0.238 e. The second-order valence-electron chi connectivity index (χ2n) is 4.24. The van der Waals surface area contributed by atoms with Crippen LogP contribution < -0.4 is 15.8 Å². The van der Waals surface area contributed by atoms with Crippen LogP contribution in [0.3, 0.4) is 0 Å². The molecule has 1 rings (SSSR count). The Morgan fingerprint density at radius 3 is 2.74 bits per heavy atom. The van der Waals surface area contributed by atoms with Crippen molar-refractivity contribution in [3.05, 3.63) is 24.3 Å². The van der Waals surface area contributed by atoms with E-state index in [0.717, 1.165) is 0 Å². The SMILES string of the molecule is COc1ccccc1NC(=O)CN(C)C(C)C(N)=S. The van der Waals surface area contributed by atoms with Gasteiger partial charge in [-0.2, -0.15) is 0 Å². The molecule has 0 aromatic heterocycles. The highest BCUT2D eigenvalue weighted by molar-refractivity contribution is 7.80. The van der Waals surface area contributed by atoms with E-state index in [9.17, 15) is 4.79 Å². The van der Waals surface area contributed by atoms with E-state index in [4.69, 9.17) is 22.7 Å². The Balaban J connectivity index is 2.63. The fraction of sp³-hybridized carbons (Fsp3) is 0.385. The fourth-order valence-electron chi connectivity index (χ4n) is 1.52. The molecule has 0 spiro atoms. The highest BCUT2D eigenvalue weighted by Crippen LogP contribution is 2.22. The van der Waals surface area contributed by atoms with Crippen LogP contribution in [0.5, 0.6) is 5.75 Å². The number of rotatable bonds is 6. The first-order chi connectivity index (χ1) is 8.95. The maximum atomic E-state index is 11.9. The van der Waals surface area contributed by atoms with Gasteiger partial charge in [0.15, 0.2) is 0 Å². The third-order valence-electron chi connectivity index (χ3n) is 2.85. The molecule has 0 fully saturated rings. The summed E-state index contributed by atoms with van der Waals surface area (Å²) >= 11 is 4.90. The van der Waals surface area contributed by atoms with E-state index in [1.807, 2.05) is 19.1 Å². The third-order valence-corrected chi connectivity index (χ3v) is 3.19. The number of thiocarbonyl (C=S) groups is 1. The molecule has 1 aromatic carbocycles. The first kappa shape index (κ1) is 15.4. The van der Waals surface area contributed by atoms with E-state index in [1.54, 1.807) is 31.2 Å². The van der Waals surface area contributed by atoms with Gasteiger partial charge < -0.3 is 15.8 Å². The number of hydrogen-bond acceptors (Lipinski definition) is 4. The summed E-state index contributed by atoms with van der Waals surface area (Å²) in [5.74, 6) is 0.482. The largest absolute Gasteiger partial charge is 0.495 e. The van der Waals surface area contributed by atoms with Gasteiger partial charge in [-0.3, -0.25) is 9.69 Å². The van der Waals surface area contributed by atoms with Crippen molar-refractivity contribution in [2.24, 2.45) is 5.73 Å². The van der Waals surface area contributed by atoms with Gasteiger partial charge in [0.1, 0.15) is 5.75 Å². The molecule has 5 nitrogen and oxygen atoms in total. The van der Waals surface area contributed by atoms with Crippen LogP contribution >= 0.6 is 12.2 Å². The standard InChI is InChI=1S/C13H19N3O2S/c1-9(13(14)19)16(2)8-12(17)15-10-6-4-5-7-11(10)18-3/h4-7,9H,8H2,1-3H3,(H2,14,19)(H,15,17). The van der Waals surface area contributed by atoms with Crippen molar-refractivity contribution >= 4 is 28.8 Å². The summed E-state index contributed by atoms with van der Waals surface area (Å²) in [6.07, 6.45) is 0. The van der Waals surface area contributed by atoms with Crippen LogP contribution in [0.2, 0.25) is 0 Å². The molecule has 0 bridgehead atoms. The number of para-hydroxylation sites is 2. The van der Waals surface area contributed by atoms with Gasteiger partial charge in [-0.1, -0.05) is 24.4 Å². The summed E-state index contributed by atoms with van der Waals surface area (Å²) in [4.78, 5) is 14.1. The molecule has 0 radical (unpaired) electrons. The predicted molar refractivity (Wildman–Crippen MR) is 80.5 cm³/mol. The Morgan fingerprint density at radius 2 is 2.16 bits per heavy atom. The van der Waals surface area contributed by atoms with Gasteiger partial charge in [-0.05, 0) is 26.1 Å². The normalized spacial score (nSPS) is 12.0. The quantitative estimate of drug-likeness (QED) is 0.768. The first-order valence-electron chi connectivity index (χ1n) is 5.88. The van der Waals surface area contributed by atoms with E-state index >= 15 is 0 Å². The average molecular weight is 281 g/mol. The monoisotopic (exact) mass is 281 g/mol. The molecular weight excluding hydrogens is 262 g/mol. The number of hydrogen-bond donors (Lipinski definition) is 2. The lowest BCUT2D eigenvalue weighted by Gasteiger charge is -2.23. The number of nitrogens with one attached hydrogen (secondary N) is 1. The van der Waals surface area contributed by atoms with E-state index in [2.05, 4.69) is 5.32 Å². The second kappa shape index (κ2) is 7.06. The first-order valence-corrected chi connectivity index (χ1v) is 6.29. The molecular formula is C13H19N3O2S. The molecule has 3 N–H and O–H groups in total. The minimum absolute atomic E-state index is 0.126. The molecule has 0 aliphatic rings. The Morgan fingerprint density at radius 1 is 1.53 bits per heavy atom. The van der Waals surface area contributed by atoms with Gasteiger partial charge in [0.2, 0.25) is 5.91 Å². The van der Waals surface area contributed by atoms with Crippen molar-refractivity contribution in [2.45, 2.75) is 13.0 Å². The van der Waals surface area contributed by atoms with Crippen LogP contribution in [0.25, 0.3) is 0 Å². The summed E-state index contributed by atoms with van der Waals surface area (Å²) < 4.78 is 5.17. The number of ether oxygens (including phenoxy) is 1. The molecule has 0 saturated carbocycles. The number of amides is 1. The van der Waals surface area contributed by atoms with Crippen molar-refractivity contribution in [3.63, 3.8) is 0 Å². The number of carbonyl (C=O) groups excluding carboxylic acids is 1. The van der Waals surface area contributed by atoms with Gasteiger partial charge in [0, 0.05) is 0 Å². The number of carbonyl (C=O) groups is 1. The number of benzene rings is 1. The summed E-state index contributed by atoms with van der Waals surface area (Å²) in [6, 6.07) is 7.12. The second-order valence-corrected chi connectivity index (χ2v) is 4.71. The van der Waals surface area contributed by atoms with Crippen LogP contribution in [0, 0.1) is 0 Å². The molecule has 1 amide bonds. The third kappa shape index (κ3) is 4.50. The number of methoxy groups -OCH3 is 1. The molecule has 0 saturated heterocycles. The van der Waals surface area contributed by atoms with Crippen LogP contribution in [0.1, 0.15) is 6.92 Å². The Kier molecular flexibility index (Phi) is 5.72. The maximum absolute atomic E-state index is 11.9. The van der Waals surface area contributed by atoms with E-state index < -0.39 is 0 Å². The highest BCUT2D eigenvalue weighted by atomic mass is 32.1. The minimum Gasteiger partial charge on any atom is -0.495 e. The van der Waals surface area contributed by atoms with E-state index in [-0.39, 0.29) is 18.5 Å². The minimum atomic E-state index is -0.143. The zero-order chi connectivity index (χ0) is 14.4. The Bertz CT molecular complexity index is 465. The molecule has 19 heavy (non-hydrogen) atoms. The smallest absolute Gasteiger partial charge is 0.238 e. The zero-order valence-electron chi connectivity index (χ0n) is 11.3. The van der Waals surface area contributed by atoms with E-state index in [0.29, 0.717) is 16.4 Å². The Hall–Kier alpha value is -1.66. The molecule has 0 aliphatic heterocycles. The Labute approximate surface area is 118 Å². The summed E-state index contributed by atoms with van der Waals surface area (Å²) in [5.41, 5.74) is 6.19. The van der Waals surface area contributed by atoms with Gasteiger partial charge in [0.25, 0.3) is 0 Å². The van der Waals surface area contributed by atoms with Crippen molar-refractivity contribution in [1.29, 1.82) is 0 Å². The van der Waals surface area contributed by atoms with Crippen LogP contribution in [0.15, 0.2) is 24.3 Å². The number of anilines is 1. The lowest BCUT2D eigenvalue weighted by Crippen LogP contribution is -2.43. The molecule has 1 aromatic rings. The van der Waals surface area contributed by atoms with Crippen molar-refractivity contribution < 1.29 is 9.53 Å². The van der Waals surface area contributed by atoms with Gasteiger partial charge in [0.05, 0.1) is 30.4 Å². The number of nitrogens with two attached hydrogens (primary N) is 1. The molecule has 0 heterocycles. The summed E-state index contributed by atoms with van der Waals surface area (Å²) in [6.45, 7) is 2.06. The van der Waals surface area contributed by atoms with Crippen LogP contribution in [-0.4, -0.2) is 42.5 Å². The number of nitrogens with zero attached hydrogens (tertiary/aromatic N) is 1. The lowest BCUT2D eigenvalue weighted by molar-refractivity contribution is -0.117. The zero-order valence-corrected chi connectivity index (χ0v) is 12.2. The van der Waals surface area contributed by atoms with Crippen LogP contribution in [-0.2, 0) is 4.79 Å². The highest BCUT2D eigenvalue weighted by Gasteiger charge is 2.15. The summed E-state index contributed by atoms with van der Waals surface area (Å²) in [7, 11) is 3.36. The van der Waals surface area contributed by atoms with Crippen molar-refractivity contribution in [3.8, 4) is 5.75 Å². The lowest BCUT2D eigenvalue weighted by atomic mass is 10.2. The van der Waals surface area contributed by atoms with Gasteiger partial charge >= 0.3 is 0 Å². The molecule has 1 atom stereocenters. The predicted octanol–water partition coefficient (Wildman–Crippen LogP) is 1.24. The van der Waals surface area contributed by atoms with Crippen molar-refractivity contribution in [2.75, 3.05) is 26.0 Å². The molecule has 0 aliphatic carbocycles. The summed E-state index contributed by atoms with van der Waals surface area (Å²) in [5, 5.41) is 2.80. The van der Waals surface area contributed by atoms with Gasteiger partial charge in [-0.15, -0.1) is 0 Å². The molecule has 6 heteroatoms. The topological polar surface area (TPSA) is 67.6 Å². The fourth-order valence-corrected chi connectivity index (χ4v) is 1.70.